The summed E-state index contributed by atoms with van der Waals surface area (Å²) in [6, 6.07) is 5.13. The zero-order valence-corrected chi connectivity index (χ0v) is 8.74. The molecule has 1 aromatic carbocycles. The number of fused-ring (bicyclic) bond motifs is 1. The second-order valence-electron chi connectivity index (χ2n) is 3.75. The molecule has 0 bridgehead atoms. The first kappa shape index (κ1) is 8.92. The molecule has 1 saturated heterocycles. The highest BCUT2D eigenvalue weighted by molar-refractivity contribution is 8.08. The van der Waals surface area contributed by atoms with E-state index in [1.807, 2.05) is 18.2 Å². The Morgan fingerprint density at radius 1 is 1.20 bits per heavy atom. The van der Waals surface area contributed by atoms with Crippen molar-refractivity contribution in [3.63, 3.8) is 0 Å². The third-order valence-corrected chi connectivity index (χ3v) is 4.39. The Morgan fingerprint density at radius 3 is 2.87 bits per heavy atom. The number of phenols is 2. The fourth-order valence-corrected chi connectivity index (χ4v) is 3.26. The zero-order chi connectivity index (χ0) is 10.5. The van der Waals surface area contributed by atoms with Gasteiger partial charge in [-0.2, -0.15) is 0 Å². The van der Waals surface area contributed by atoms with E-state index in [2.05, 4.69) is 12.2 Å². The van der Waals surface area contributed by atoms with E-state index in [1.54, 1.807) is 17.8 Å². The lowest BCUT2D eigenvalue weighted by atomic mass is 9.91. The van der Waals surface area contributed by atoms with Gasteiger partial charge in [-0.05, 0) is 6.07 Å². The Bertz CT molecular complexity index is 479. The van der Waals surface area contributed by atoms with Gasteiger partial charge in [0.05, 0.1) is 4.75 Å². The lowest BCUT2D eigenvalue weighted by Crippen LogP contribution is -2.09. The van der Waals surface area contributed by atoms with Crippen LogP contribution in [0.3, 0.4) is 0 Å². The molecule has 2 aliphatic rings. The van der Waals surface area contributed by atoms with Gasteiger partial charge < -0.3 is 10.2 Å². The van der Waals surface area contributed by atoms with Crippen molar-refractivity contribution < 1.29 is 10.2 Å². The molecule has 1 fully saturated rings. The van der Waals surface area contributed by atoms with Gasteiger partial charge in [0.25, 0.3) is 0 Å². The summed E-state index contributed by atoms with van der Waals surface area (Å²) < 4.78 is -0.141. The maximum Gasteiger partial charge on any atom is 0.162 e. The first-order valence-electron chi connectivity index (χ1n) is 4.79. The van der Waals surface area contributed by atoms with Crippen LogP contribution in [0.15, 0.2) is 42.5 Å². The number of hydrogen-bond acceptors (Lipinski definition) is 3. The zero-order valence-electron chi connectivity index (χ0n) is 7.92. The topological polar surface area (TPSA) is 40.5 Å². The standard InChI is InChI=1S/C12H10O2S/c13-9-5-3-4-8(11(9)14)12-7-2-1-6-10(12)15-12/h1-7,10,13-14H. The fraction of sp³-hybridized carbons (Fsp3) is 0.167. The molecular formula is C12H10O2S. The van der Waals surface area contributed by atoms with Crippen LogP contribution in [-0.4, -0.2) is 15.5 Å². The number of para-hydroxylation sites is 1. The van der Waals surface area contributed by atoms with Gasteiger partial charge in [-0.25, -0.2) is 0 Å². The van der Waals surface area contributed by atoms with Gasteiger partial charge in [0.1, 0.15) is 0 Å². The van der Waals surface area contributed by atoms with Crippen molar-refractivity contribution in [2.45, 2.75) is 10.00 Å². The molecule has 0 saturated carbocycles. The average Bonchev–Trinajstić information content (AvgIpc) is 2.97. The number of benzene rings is 1. The van der Waals surface area contributed by atoms with Gasteiger partial charge in [0.2, 0.25) is 0 Å². The molecule has 1 aliphatic carbocycles. The predicted octanol–water partition coefficient (Wildman–Crippen LogP) is 2.53. The molecule has 76 valence electrons. The van der Waals surface area contributed by atoms with Crippen molar-refractivity contribution in [1.29, 1.82) is 0 Å². The minimum absolute atomic E-state index is 0.00690. The smallest absolute Gasteiger partial charge is 0.162 e. The number of rotatable bonds is 1. The van der Waals surface area contributed by atoms with E-state index < -0.39 is 0 Å². The Hall–Kier alpha value is -1.35. The van der Waals surface area contributed by atoms with Gasteiger partial charge in [-0.3, -0.25) is 0 Å². The van der Waals surface area contributed by atoms with Crippen molar-refractivity contribution in [1.82, 2.24) is 0 Å². The summed E-state index contributed by atoms with van der Waals surface area (Å²) in [4.78, 5) is 0. The minimum Gasteiger partial charge on any atom is -0.504 e. The summed E-state index contributed by atoms with van der Waals surface area (Å²) in [5.41, 5.74) is 0.804. The van der Waals surface area contributed by atoms with Crippen LogP contribution in [0.4, 0.5) is 0 Å². The normalized spacial score (nSPS) is 31.3. The third kappa shape index (κ3) is 1.13. The number of aromatic hydroxyl groups is 2. The van der Waals surface area contributed by atoms with E-state index in [0.717, 1.165) is 5.56 Å². The summed E-state index contributed by atoms with van der Waals surface area (Å²) in [6.45, 7) is 0. The summed E-state index contributed by atoms with van der Waals surface area (Å²) >= 11 is 1.78. The molecule has 2 N–H and O–H groups in total. The van der Waals surface area contributed by atoms with E-state index in [-0.39, 0.29) is 16.2 Å². The maximum absolute atomic E-state index is 9.82. The molecule has 0 amide bonds. The fourth-order valence-electron chi connectivity index (χ4n) is 2.01. The molecule has 2 unspecified atom stereocenters. The summed E-state index contributed by atoms with van der Waals surface area (Å²) in [5, 5.41) is 19.7. The van der Waals surface area contributed by atoms with Gasteiger partial charge in [-0.15, -0.1) is 11.8 Å². The quantitative estimate of drug-likeness (QED) is 0.562. The lowest BCUT2D eigenvalue weighted by molar-refractivity contribution is 0.398. The van der Waals surface area contributed by atoms with Crippen molar-refractivity contribution in [3.05, 3.63) is 48.1 Å². The number of phenolic OH excluding ortho intramolecular Hbond substituents is 2. The van der Waals surface area contributed by atoms with Crippen LogP contribution in [-0.2, 0) is 4.75 Å². The van der Waals surface area contributed by atoms with E-state index in [1.165, 1.54) is 6.07 Å². The monoisotopic (exact) mass is 218 g/mol. The van der Waals surface area contributed by atoms with Crippen LogP contribution in [0, 0.1) is 0 Å². The van der Waals surface area contributed by atoms with Crippen molar-refractivity contribution in [3.8, 4) is 11.5 Å². The second-order valence-corrected chi connectivity index (χ2v) is 5.17. The molecule has 3 heteroatoms. The van der Waals surface area contributed by atoms with Crippen LogP contribution in [0.25, 0.3) is 0 Å². The van der Waals surface area contributed by atoms with Gasteiger partial charge >= 0.3 is 0 Å². The second kappa shape index (κ2) is 2.83. The van der Waals surface area contributed by atoms with Crippen molar-refractivity contribution in [2.75, 3.05) is 0 Å². The Kier molecular flexibility index (Phi) is 1.68. The molecule has 15 heavy (non-hydrogen) atoms. The highest BCUT2D eigenvalue weighted by atomic mass is 32.2. The maximum atomic E-state index is 9.82. The first-order valence-corrected chi connectivity index (χ1v) is 5.67. The highest BCUT2D eigenvalue weighted by Gasteiger charge is 2.55. The first-order chi connectivity index (χ1) is 7.24. The third-order valence-electron chi connectivity index (χ3n) is 2.86. The molecule has 1 heterocycles. The minimum atomic E-state index is -0.141. The summed E-state index contributed by atoms with van der Waals surface area (Å²) in [5.74, 6) is -0.0384. The van der Waals surface area contributed by atoms with E-state index in [4.69, 9.17) is 0 Å². The Balaban J connectivity index is 2.12. The largest absolute Gasteiger partial charge is 0.504 e. The highest BCUT2D eigenvalue weighted by Crippen LogP contribution is 2.66. The van der Waals surface area contributed by atoms with Crippen LogP contribution in [0.5, 0.6) is 11.5 Å². The predicted molar refractivity (Wildman–Crippen MR) is 61.1 cm³/mol. The molecule has 2 atom stereocenters. The van der Waals surface area contributed by atoms with Crippen LogP contribution >= 0.6 is 11.8 Å². The molecular weight excluding hydrogens is 208 g/mol. The number of thioether (sulfide) groups is 1. The van der Waals surface area contributed by atoms with Crippen LogP contribution in [0.1, 0.15) is 5.56 Å². The molecule has 3 rings (SSSR count). The SMILES string of the molecule is Oc1cccc(C23C=CC=CC2S3)c1O. The summed E-state index contributed by atoms with van der Waals surface area (Å²) in [7, 11) is 0. The van der Waals surface area contributed by atoms with Gasteiger partial charge in [-0.1, -0.05) is 36.4 Å². The van der Waals surface area contributed by atoms with Crippen LogP contribution < -0.4 is 0 Å². The number of allylic oxidation sites excluding steroid dienone is 2. The molecule has 2 nitrogen and oxygen atoms in total. The van der Waals surface area contributed by atoms with E-state index in [9.17, 15) is 10.2 Å². The number of hydrogen-bond donors (Lipinski definition) is 2. The van der Waals surface area contributed by atoms with Crippen LogP contribution in [0.2, 0.25) is 0 Å². The van der Waals surface area contributed by atoms with E-state index in [0.29, 0.717) is 5.25 Å². The molecule has 1 aliphatic heterocycles. The Morgan fingerprint density at radius 2 is 2.07 bits per heavy atom. The molecule has 0 radical (unpaired) electrons. The van der Waals surface area contributed by atoms with E-state index >= 15 is 0 Å². The van der Waals surface area contributed by atoms with Gasteiger partial charge in [0.15, 0.2) is 11.5 Å². The molecule has 1 aromatic rings. The van der Waals surface area contributed by atoms with Crippen molar-refractivity contribution >= 4 is 11.8 Å². The average molecular weight is 218 g/mol. The Labute approximate surface area is 91.9 Å². The molecule has 0 spiro atoms. The summed E-state index contributed by atoms with van der Waals surface area (Å²) in [6.07, 6.45) is 8.20. The van der Waals surface area contributed by atoms with Crippen molar-refractivity contribution in [2.24, 2.45) is 0 Å². The van der Waals surface area contributed by atoms with Gasteiger partial charge in [0, 0.05) is 10.8 Å². The molecule has 0 aromatic heterocycles. The lowest BCUT2D eigenvalue weighted by Gasteiger charge is -2.14.